The first-order valence-electron chi connectivity index (χ1n) is 8.13. The Labute approximate surface area is 139 Å². The van der Waals surface area contributed by atoms with Crippen LogP contribution in [0.25, 0.3) is 0 Å². The van der Waals surface area contributed by atoms with Gasteiger partial charge in [-0.25, -0.2) is 8.78 Å². The summed E-state index contributed by atoms with van der Waals surface area (Å²) in [6.45, 7) is 3.94. The Morgan fingerprint density at radius 3 is 2.54 bits per heavy atom. The fraction of sp³-hybridized carbons (Fsp3) is 0.529. The highest BCUT2D eigenvalue weighted by Crippen LogP contribution is 2.24. The van der Waals surface area contributed by atoms with E-state index in [4.69, 9.17) is 4.74 Å². The van der Waals surface area contributed by atoms with E-state index in [0.717, 1.165) is 25.2 Å². The molecule has 0 saturated carbocycles. The first kappa shape index (κ1) is 17.0. The van der Waals surface area contributed by atoms with Crippen molar-refractivity contribution in [2.75, 3.05) is 39.4 Å². The fourth-order valence-electron chi connectivity index (χ4n) is 3.16. The Morgan fingerprint density at radius 1 is 1.08 bits per heavy atom. The van der Waals surface area contributed by atoms with E-state index in [1.54, 1.807) is 0 Å². The van der Waals surface area contributed by atoms with Gasteiger partial charge in [0.15, 0.2) is 11.6 Å². The number of carbonyl (C=O) groups is 2. The van der Waals surface area contributed by atoms with Gasteiger partial charge in [0.05, 0.1) is 19.1 Å². The van der Waals surface area contributed by atoms with E-state index in [-0.39, 0.29) is 24.7 Å². The normalized spacial score (nSPS) is 22.4. The first-order valence-corrected chi connectivity index (χ1v) is 8.13. The van der Waals surface area contributed by atoms with Crippen molar-refractivity contribution in [1.29, 1.82) is 0 Å². The molecule has 7 heteroatoms. The zero-order chi connectivity index (χ0) is 17.1. The number of rotatable bonds is 5. The molecule has 0 bridgehead atoms. The van der Waals surface area contributed by atoms with E-state index >= 15 is 0 Å². The minimum absolute atomic E-state index is 0.126. The van der Waals surface area contributed by atoms with E-state index in [1.807, 2.05) is 0 Å². The molecule has 2 heterocycles. The fourth-order valence-corrected chi connectivity index (χ4v) is 3.16. The second kappa shape index (κ2) is 7.36. The molecule has 0 N–H and O–H groups in total. The molecule has 1 aromatic carbocycles. The molecule has 130 valence electrons. The molecule has 1 unspecified atom stereocenters. The SMILES string of the molecule is O=C1CC(Cc2ccc(F)c(F)c2)C(=O)N1CCN1CCOCC1. The Bertz CT molecular complexity index is 632. The van der Waals surface area contributed by atoms with Gasteiger partial charge in [0, 0.05) is 32.6 Å². The Morgan fingerprint density at radius 2 is 1.83 bits per heavy atom. The summed E-state index contributed by atoms with van der Waals surface area (Å²) < 4.78 is 31.5. The predicted molar refractivity (Wildman–Crippen MR) is 82.1 cm³/mol. The van der Waals surface area contributed by atoms with Crippen molar-refractivity contribution in [3.8, 4) is 0 Å². The van der Waals surface area contributed by atoms with Gasteiger partial charge >= 0.3 is 0 Å². The number of imide groups is 1. The molecule has 0 aliphatic carbocycles. The molecule has 3 rings (SSSR count). The van der Waals surface area contributed by atoms with Crippen LogP contribution in [0.3, 0.4) is 0 Å². The summed E-state index contributed by atoms with van der Waals surface area (Å²) in [7, 11) is 0. The van der Waals surface area contributed by atoms with Crippen molar-refractivity contribution >= 4 is 11.8 Å². The van der Waals surface area contributed by atoms with Gasteiger partial charge in [-0.15, -0.1) is 0 Å². The third-order valence-corrected chi connectivity index (χ3v) is 4.55. The van der Waals surface area contributed by atoms with E-state index in [9.17, 15) is 18.4 Å². The molecule has 0 aromatic heterocycles. The second-order valence-corrected chi connectivity index (χ2v) is 6.19. The summed E-state index contributed by atoms with van der Waals surface area (Å²) >= 11 is 0. The van der Waals surface area contributed by atoms with Gasteiger partial charge in [-0.3, -0.25) is 19.4 Å². The highest BCUT2D eigenvalue weighted by atomic mass is 19.2. The van der Waals surface area contributed by atoms with Gasteiger partial charge < -0.3 is 4.74 Å². The van der Waals surface area contributed by atoms with Crippen LogP contribution in [-0.2, 0) is 20.7 Å². The molecular weight excluding hydrogens is 318 g/mol. The summed E-state index contributed by atoms with van der Waals surface area (Å²) in [6, 6.07) is 3.58. The lowest BCUT2D eigenvalue weighted by molar-refractivity contribution is -0.139. The Hall–Kier alpha value is -1.86. The quantitative estimate of drug-likeness (QED) is 0.758. The van der Waals surface area contributed by atoms with Crippen molar-refractivity contribution in [3.05, 3.63) is 35.4 Å². The van der Waals surface area contributed by atoms with E-state index in [2.05, 4.69) is 4.90 Å². The summed E-state index contributed by atoms with van der Waals surface area (Å²) in [6.07, 6.45) is 0.372. The number of ether oxygens (including phenoxy) is 1. The van der Waals surface area contributed by atoms with Crippen molar-refractivity contribution in [3.63, 3.8) is 0 Å². The lowest BCUT2D eigenvalue weighted by atomic mass is 9.98. The highest BCUT2D eigenvalue weighted by Gasteiger charge is 2.38. The van der Waals surface area contributed by atoms with E-state index in [0.29, 0.717) is 31.9 Å². The summed E-state index contributed by atoms with van der Waals surface area (Å²) in [5.41, 5.74) is 0.523. The van der Waals surface area contributed by atoms with Crippen molar-refractivity contribution < 1.29 is 23.1 Å². The maximum absolute atomic E-state index is 13.3. The van der Waals surface area contributed by atoms with Gasteiger partial charge in [0.2, 0.25) is 11.8 Å². The lowest BCUT2D eigenvalue weighted by Gasteiger charge is -2.28. The van der Waals surface area contributed by atoms with Crippen LogP contribution < -0.4 is 0 Å². The zero-order valence-electron chi connectivity index (χ0n) is 13.3. The minimum Gasteiger partial charge on any atom is -0.379 e. The largest absolute Gasteiger partial charge is 0.379 e. The van der Waals surface area contributed by atoms with Gasteiger partial charge in [-0.1, -0.05) is 6.07 Å². The number of likely N-dealkylation sites (tertiary alicyclic amines) is 1. The monoisotopic (exact) mass is 338 g/mol. The van der Waals surface area contributed by atoms with E-state index in [1.165, 1.54) is 11.0 Å². The van der Waals surface area contributed by atoms with Crippen molar-refractivity contribution in [1.82, 2.24) is 9.80 Å². The van der Waals surface area contributed by atoms with Gasteiger partial charge in [-0.2, -0.15) is 0 Å². The smallest absolute Gasteiger partial charge is 0.233 e. The molecule has 2 amide bonds. The first-order chi connectivity index (χ1) is 11.5. The topological polar surface area (TPSA) is 49.9 Å². The standard InChI is InChI=1S/C17H20F2N2O3/c18-14-2-1-12(10-15(14)19)9-13-11-16(22)21(17(13)23)4-3-20-5-7-24-8-6-20/h1-2,10,13H,3-9,11H2. The third-order valence-electron chi connectivity index (χ3n) is 4.55. The molecule has 2 fully saturated rings. The lowest BCUT2D eigenvalue weighted by Crippen LogP contribution is -2.43. The van der Waals surface area contributed by atoms with Crippen LogP contribution in [-0.4, -0.2) is 61.0 Å². The van der Waals surface area contributed by atoms with Gasteiger partial charge in [0.25, 0.3) is 0 Å². The molecule has 5 nitrogen and oxygen atoms in total. The number of carbonyl (C=O) groups excluding carboxylic acids is 2. The summed E-state index contributed by atoms with van der Waals surface area (Å²) in [5.74, 6) is -2.76. The molecule has 24 heavy (non-hydrogen) atoms. The molecule has 0 spiro atoms. The molecule has 0 radical (unpaired) electrons. The van der Waals surface area contributed by atoms with Crippen LogP contribution in [0.4, 0.5) is 8.78 Å². The summed E-state index contributed by atoms with van der Waals surface area (Å²) in [4.78, 5) is 28.0. The number of amides is 2. The van der Waals surface area contributed by atoms with Crippen LogP contribution in [0.5, 0.6) is 0 Å². The van der Waals surface area contributed by atoms with Crippen LogP contribution in [0.1, 0.15) is 12.0 Å². The van der Waals surface area contributed by atoms with E-state index < -0.39 is 17.6 Å². The maximum Gasteiger partial charge on any atom is 0.233 e. The average Bonchev–Trinajstić information content (AvgIpc) is 2.84. The number of morpholine rings is 1. The number of benzene rings is 1. The minimum atomic E-state index is -0.937. The molecule has 1 atom stereocenters. The molecule has 2 aliphatic heterocycles. The number of hydrogen-bond donors (Lipinski definition) is 0. The second-order valence-electron chi connectivity index (χ2n) is 6.19. The Kier molecular flexibility index (Phi) is 5.20. The summed E-state index contributed by atoms with van der Waals surface area (Å²) in [5, 5.41) is 0. The van der Waals surface area contributed by atoms with Gasteiger partial charge in [-0.05, 0) is 24.1 Å². The van der Waals surface area contributed by atoms with Crippen molar-refractivity contribution in [2.45, 2.75) is 12.8 Å². The molecule has 2 aliphatic rings. The third kappa shape index (κ3) is 3.79. The maximum atomic E-state index is 13.3. The van der Waals surface area contributed by atoms with Crippen molar-refractivity contribution in [2.24, 2.45) is 5.92 Å². The number of hydrogen-bond acceptors (Lipinski definition) is 4. The van der Waals surface area contributed by atoms with Gasteiger partial charge in [0.1, 0.15) is 0 Å². The highest BCUT2D eigenvalue weighted by molar-refractivity contribution is 6.03. The van der Waals surface area contributed by atoms with Crippen LogP contribution in [0.2, 0.25) is 0 Å². The predicted octanol–water partition coefficient (Wildman–Crippen LogP) is 1.21. The number of nitrogens with zero attached hydrogens (tertiary/aromatic N) is 2. The average molecular weight is 338 g/mol. The Balaban J connectivity index is 1.57. The molecule has 2 saturated heterocycles. The van der Waals surface area contributed by atoms with Crippen LogP contribution in [0.15, 0.2) is 18.2 Å². The zero-order valence-corrected chi connectivity index (χ0v) is 13.3. The number of halogens is 2. The molecule has 1 aromatic rings. The molecular formula is C17H20F2N2O3. The van der Waals surface area contributed by atoms with Crippen LogP contribution in [0, 0.1) is 17.6 Å². The van der Waals surface area contributed by atoms with Crippen LogP contribution >= 0.6 is 0 Å².